The van der Waals surface area contributed by atoms with E-state index < -0.39 is 0 Å². The summed E-state index contributed by atoms with van der Waals surface area (Å²) >= 11 is 0. The van der Waals surface area contributed by atoms with Gasteiger partial charge in [0.2, 0.25) is 0 Å². The molecule has 0 saturated heterocycles. The molecule has 0 amide bonds. The minimum Gasteiger partial charge on any atom is -0.493 e. The Kier molecular flexibility index (Phi) is 5.31. The van der Waals surface area contributed by atoms with Crippen molar-refractivity contribution in [3.05, 3.63) is 70.8 Å². The van der Waals surface area contributed by atoms with Gasteiger partial charge in [-0.05, 0) is 61.2 Å². The number of methoxy groups -OCH3 is 1. The van der Waals surface area contributed by atoms with Crippen LogP contribution in [0.2, 0.25) is 0 Å². The van der Waals surface area contributed by atoms with Crippen molar-refractivity contribution in [1.29, 1.82) is 0 Å². The van der Waals surface area contributed by atoms with Gasteiger partial charge >= 0.3 is 0 Å². The zero-order valence-electron chi connectivity index (χ0n) is 15.4. The second-order valence-electron chi connectivity index (χ2n) is 6.16. The van der Waals surface area contributed by atoms with E-state index in [1.807, 2.05) is 18.2 Å². The van der Waals surface area contributed by atoms with Crippen LogP contribution in [-0.2, 0) is 6.61 Å². The Labute approximate surface area is 153 Å². The van der Waals surface area contributed by atoms with Gasteiger partial charge in [0.05, 0.1) is 13.3 Å². The quantitative estimate of drug-likeness (QED) is 0.636. The van der Waals surface area contributed by atoms with Crippen molar-refractivity contribution in [2.24, 2.45) is 5.10 Å². The molecule has 134 valence electrons. The molecule has 6 nitrogen and oxygen atoms in total. The smallest absolute Gasteiger partial charge is 0.161 e. The highest BCUT2D eigenvalue weighted by Crippen LogP contribution is 2.29. The van der Waals surface area contributed by atoms with Crippen LogP contribution in [0.1, 0.15) is 27.8 Å². The summed E-state index contributed by atoms with van der Waals surface area (Å²) in [4.78, 5) is 0. The highest BCUT2D eigenvalue weighted by atomic mass is 16.5. The van der Waals surface area contributed by atoms with E-state index in [1.165, 1.54) is 39.6 Å². The first kappa shape index (κ1) is 17.7. The van der Waals surface area contributed by atoms with Crippen LogP contribution in [0.3, 0.4) is 0 Å². The van der Waals surface area contributed by atoms with Gasteiger partial charge in [-0.25, -0.2) is 4.68 Å². The van der Waals surface area contributed by atoms with E-state index in [-0.39, 0.29) is 0 Å². The zero-order chi connectivity index (χ0) is 18.5. The molecule has 0 radical (unpaired) electrons. The van der Waals surface area contributed by atoms with Gasteiger partial charge in [0, 0.05) is 0 Å². The Balaban J connectivity index is 1.76. The minimum atomic E-state index is 0.502. The molecule has 0 aliphatic rings. The van der Waals surface area contributed by atoms with Gasteiger partial charge in [0.15, 0.2) is 11.5 Å². The van der Waals surface area contributed by atoms with Crippen LogP contribution < -0.4 is 9.47 Å². The van der Waals surface area contributed by atoms with E-state index in [2.05, 4.69) is 48.2 Å². The normalized spacial score (nSPS) is 11.1. The second-order valence-corrected chi connectivity index (χ2v) is 6.16. The molecule has 0 aliphatic carbocycles. The number of aryl methyl sites for hydroxylation is 3. The third-order valence-corrected chi connectivity index (χ3v) is 4.15. The summed E-state index contributed by atoms with van der Waals surface area (Å²) < 4.78 is 13.0. The maximum absolute atomic E-state index is 6.03. The zero-order valence-corrected chi connectivity index (χ0v) is 15.4. The summed E-state index contributed by atoms with van der Waals surface area (Å²) in [5, 5.41) is 11.7. The van der Waals surface area contributed by atoms with Crippen molar-refractivity contribution < 1.29 is 9.47 Å². The predicted octanol–water partition coefficient (Wildman–Crippen LogP) is 3.67. The van der Waals surface area contributed by atoms with Crippen LogP contribution in [0.4, 0.5) is 0 Å². The number of ether oxygens (including phenoxy) is 2. The van der Waals surface area contributed by atoms with Gasteiger partial charge in [-0.3, -0.25) is 0 Å². The Bertz CT molecular complexity index is 895. The van der Waals surface area contributed by atoms with Gasteiger partial charge in [0.25, 0.3) is 0 Å². The fourth-order valence-electron chi connectivity index (χ4n) is 2.86. The lowest BCUT2D eigenvalue weighted by Gasteiger charge is -2.15. The van der Waals surface area contributed by atoms with Crippen molar-refractivity contribution in [3.63, 3.8) is 0 Å². The van der Waals surface area contributed by atoms with Crippen molar-refractivity contribution in [2.75, 3.05) is 7.11 Å². The Morgan fingerprint density at radius 3 is 2.35 bits per heavy atom. The molecule has 6 heteroatoms. The molecule has 26 heavy (non-hydrogen) atoms. The first-order valence-corrected chi connectivity index (χ1v) is 8.33. The first-order valence-electron chi connectivity index (χ1n) is 8.33. The number of nitrogens with zero attached hydrogens (tertiary/aromatic N) is 4. The summed E-state index contributed by atoms with van der Waals surface area (Å²) in [6, 6.07) is 10.1. The van der Waals surface area contributed by atoms with Crippen LogP contribution in [0.15, 0.2) is 48.1 Å². The van der Waals surface area contributed by atoms with E-state index >= 15 is 0 Å². The molecule has 0 aliphatic heterocycles. The van der Waals surface area contributed by atoms with E-state index in [4.69, 9.17) is 9.47 Å². The fourth-order valence-corrected chi connectivity index (χ4v) is 2.86. The molecule has 0 fully saturated rings. The van der Waals surface area contributed by atoms with E-state index in [9.17, 15) is 0 Å². The third kappa shape index (κ3) is 4.08. The van der Waals surface area contributed by atoms with Crippen LogP contribution in [0, 0.1) is 20.8 Å². The molecule has 1 heterocycles. The molecule has 3 rings (SSSR count). The fraction of sp³-hybridized carbons (Fsp3) is 0.250. The summed E-state index contributed by atoms with van der Waals surface area (Å²) in [6.07, 6.45) is 4.76. The lowest BCUT2D eigenvalue weighted by molar-refractivity contribution is 0.283. The number of aromatic nitrogens is 3. The average Bonchev–Trinajstić information content (AvgIpc) is 3.13. The van der Waals surface area contributed by atoms with Crippen molar-refractivity contribution in [2.45, 2.75) is 27.4 Å². The largest absolute Gasteiger partial charge is 0.493 e. The topological polar surface area (TPSA) is 61.5 Å². The number of rotatable bonds is 6. The molecule has 2 aromatic carbocycles. The molecule has 0 unspecified atom stereocenters. The highest BCUT2D eigenvalue weighted by molar-refractivity contribution is 5.80. The number of hydrogen-bond acceptors (Lipinski definition) is 5. The van der Waals surface area contributed by atoms with E-state index in [1.54, 1.807) is 13.3 Å². The molecule has 0 atom stereocenters. The Morgan fingerprint density at radius 1 is 1.00 bits per heavy atom. The Hall–Kier alpha value is -3.15. The third-order valence-electron chi connectivity index (χ3n) is 4.15. The molecule has 0 N–H and O–H groups in total. The van der Waals surface area contributed by atoms with Crippen LogP contribution >= 0.6 is 0 Å². The van der Waals surface area contributed by atoms with Gasteiger partial charge in [-0.1, -0.05) is 17.7 Å². The molecular weight excluding hydrogens is 328 g/mol. The Morgan fingerprint density at radius 2 is 1.69 bits per heavy atom. The maximum atomic E-state index is 6.03. The number of benzene rings is 2. The molecule has 0 bridgehead atoms. The molecule has 1 aromatic heterocycles. The minimum absolute atomic E-state index is 0.502. The highest BCUT2D eigenvalue weighted by Gasteiger charge is 2.09. The van der Waals surface area contributed by atoms with Gasteiger partial charge in [-0.2, -0.15) is 5.10 Å². The van der Waals surface area contributed by atoms with Gasteiger partial charge < -0.3 is 9.47 Å². The van der Waals surface area contributed by atoms with Crippen molar-refractivity contribution in [1.82, 2.24) is 14.9 Å². The first-order chi connectivity index (χ1) is 12.6. The SMILES string of the molecule is COc1cc(/C=N\n2cnnc2)ccc1OCc1c(C)cc(C)cc1C. The lowest BCUT2D eigenvalue weighted by atomic mass is 10.0. The van der Waals surface area contributed by atoms with Crippen molar-refractivity contribution >= 4 is 6.21 Å². The molecule has 0 saturated carbocycles. The monoisotopic (exact) mass is 350 g/mol. The van der Waals surface area contributed by atoms with E-state index in [0.717, 1.165) is 5.56 Å². The van der Waals surface area contributed by atoms with Crippen molar-refractivity contribution in [3.8, 4) is 11.5 Å². The van der Waals surface area contributed by atoms with Crippen LogP contribution in [-0.4, -0.2) is 28.2 Å². The lowest BCUT2D eigenvalue weighted by Crippen LogP contribution is -2.03. The maximum Gasteiger partial charge on any atom is 0.161 e. The molecule has 0 spiro atoms. The number of hydrogen-bond donors (Lipinski definition) is 0. The average molecular weight is 350 g/mol. The van der Waals surface area contributed by atoms with Gasteiger partial charge in [-0.15, -0.1) is 10.2 Å². The summed E-state index contributed by atoms with van der Waals surface area (Å²) in [5.41, 5.74) is 5.83. The summed E-state index contributed by atoms with van der Waals surface area (Å²) in [6.45, 7) is 6.83. The summed E-state index contributed by atoms with van der Waals surface area (Å²) in [7, 11) is 1.63. The van der Waals surface area contributed by atoms with Gasteiger partial charge in [0.1, 0.15) is 19.3 Å². The second kappa shape index (κ2) is 7.82. The van der Waals surface area contributed by atoms with Crippen LogP contribution in [0.5, 0.6) is 11.5 Å². The molecular formula is C20H22N4O2. The summed E-state index contributed by atoms with van der Waals surface area (Å²) in [5.74, 6) is 1.37. The van der Waals surface area contributed by atoms with E-state index in [0.29, 0.717) is 18.1 Å². The molecule has 3 aromatic rings. The van der Waals surface area contributed by atoms with Crippen LogP contribution in [0.25, 0.3) is 0 Å². The predicted molar refractivity (Wildman–Crippen MR) is 101 cm³/mol. The standard InChI is InChI=1S/C20H22N4O2/c1-14-7-15(2)18(16(3)8-14)11-26-19-6-5-17(9-20(19)25-4)10-23-24-12-21-22-13-24/h5-10,12-13H,11H2,1-4H3/b23-10-.